The lowest BCUT2D eigenvalue weighted by Crippen LogP contribution is -2.19. The molecule has 1 fully saturated rings. The summed E-state index contributed by atoms with van der Waals surface area (Å²) >= 11 is 0. The minimum atomic E-state index is -4.50. The molecule has 2 heterocycles. The Morgan fingerprint density at radius 2 is 1.91 bits per heavy atom. The Bertz CT molecular complexity index is 1430. The van der Waals surface area contributed by atoms with Crippen molar-refractivity contribution >= 4 is 34.2 Å². The van der Waals surface area contributed by atoms with Crippen molar-refractivity contribution in [1.29, 1.82) is 0 Å². The first-order valence-electron chi connectivity index (χ1n) is 11.0. The Morgan fingerprint density at radius 1 is 1.11 bits per heavy atom. The normalized spacial score (nSPS) is 13.7. The van der Waals surface area contributed by atoms with Crippen LogP contribution >= 0.6 is 0 Å². The summed E-state index contributed by atoms with van der Waals surface area (Å²) in [5.41, 5.74) is 1.65. The molecule has 5 rings (SSSR count). The van der Waals surface area contributed by atoms with E-state index in [9.17, 15) is 22.8 Å². The van der Waals surface area contributed by atoms with Crippen molar-refractivity contribution in [2.24, 2.45) is 5.92 Å². The number of alkyl halides is 3. The predicted molar refractivity (Wildman–Crippen MR) is 123 cm³/mol. The monoisotopic (exact) mass is 482 g/mol. The van der Waals surface area contributed by atoms with Gasteiger partial charge in [0.05, 0.1) is 17.3 Å². The molecule has 0 radical (unpaired) electrons. The van der Waals surface area contributed by atoms with Crippen molar-refractivity contribution < 1.29 is 22.8 Å². The van der Waals surface area contributed by atoms with Crippen molar-refractivity contribution in [3.8, 4) is 11.1 Å². The van der Waals surface area contributed by atoms with E-state index in [0.717, 1.165) is 40.9 Å². The molecule has 35 heavy (non-hydrogen) atoms. The molecule has 0 bridgehead atoms. The summed E-state index contributed by atoms with van der Waals surface area (Å²) < 4.78 is 40.7. The number of benzene rings is 2. The van der Waals surface area contributed by atoms with Crippen LogP contribution in [0.25, 0.3) is 22.0 Å². The number of aryl methyl sites for hydroxylation is 1. The van der Waals surface area contributed by atoms with Crippen LogP contribution in [-0.2, 0) is 22.3 Å². The molecule has 2 aromatic heterocycles. The van der Waals surface area contributed by atoms with Gasteiger partial charge in [0.15, 0.2) is 5.82 Å². The fourth-order valence-electron chi connectivity index (χ4n) is 3.81. The fourth-order valence-corrected chi connectivity index (χ4v) is 3.81. The van der Waals surface area contributed by atoms with E-state index < -0.39 is 17.6 Å². The molecule has 0 aliphatic heterocycles. The van der Waals surface area contributed by atoms with E-state index >= 15 is 0 Å². The lowest BCUT2D eigenvalue weighted by Gasteiger charge is -2.12. The highest BCUT2D eigenvalue weighted by molar-refractivity contribution is 6.02. The molecular formula is C24H21F3N6O2. The Kier molecular flexibility index (Phi) is 5.54. The zero-order valence-electron chi connectivity index (χ0n) is 18.6. The number of fused-ring (bicyclic) bond motifs is 1. The van der Waals surface area contributed by atoms with Gasteiger partial charge < -0.3 is 10.6 Å². The highest BCUT2D eigenvalue weighted by atomic mass is 19.4. The number of carbonyl (C=O) groups excluding carboxylic acids is 2. The van der Waals surface area contributed by atoms with Crippen molar-refractivity contribution in [3.05, 3.63) is 59.9 Å². The highest BCUT2D eigenvalue weighted by Crippen LogP contribution is 2.34. The number of H-pyrrole nitrogens is 1. The van der Waals surface area contributed by atoms with Crippen LogP contribution in [0.5, 0.6) is 0 Å². The third-order valence-electron chi connectivity index (χ3n) is 5.85. The van der Waals surface area contributed by atoms with Gasteiger partial charge in [-0.2, -0.15) is 23.4 Å². The van der Waals surface area contributed by atoms with Crippen LogP contribution in [0.4, 0.5) is 24.7 Å². The molecule has 0 unspecified atom stereocenters. The lowest BCUT2D eigenvalue weighted by molar-refractivity contribution is -0.138. The molecule has 1 aliphatic rings. The van der Waals surface area contributed by atoms with Crippen LogP contribution in [0.3, 0.4) is 0 Å². The van der Waals surface area contributed by atoms with Crippen LogP contribution in [0, 0.1) is 12.8 Å². The van der Waals surface area contributed by atoms with Crippen LogP contribution in [0.2, 0.25) is 0 Å². The minimum Gasteiger partial charge on any atom is -0.324 e. The van der Waals surface area contributed by atoms with E-state index in [-0.39, 0.29) is 29.6 Å². The molecule has 1 aliphatic carbocycles. The van der Waals surface area contributed by atoms with Gasteiger partial charge in [-0.3, -0.25) is 19.4 Å². The molecule has 180 valence electrons. The first-order chi connectivity index (χ1) is 16.7. The number of aromatic amines is 1. The van der Waals surface area contributed by atoms with Gasteiger partial charge in [0.1, 0.15) is 6.54 Å². The quantitative estimate of drug-likeness (QED) is 0.369. The third kappa shape index (κ3) is 4.88. The van der Waals surface area contributed by atoms with Gasteiger partial charge in [-0.15, -0.1) is 0 Å². The van der Waals surface area contributed by atoms with Crippen LogP contribution in [0.1, 0.15) is 24.0 Å². The number of halogens is 3. The smallest absolute Gasteiger partial charge is 0.324 e. The summed E-state index contributed by atoms with van der Waals surface area (Å²) in [7, 11) is 0. The molecule has 2 aromatic carbocycles. The molecule has 1 saturated carbocycles. The predicted octanol–water partition coefficient (Wildman–Crippen LogP) is 4.74. The van der Waals surface area contributed by atoms with Gasteiger partial charge in [-0.1, -0.05) is 12.1 Å². The second-order valence-electron chi connectivity index (χ2n) is 8.60. The first-order valence-corrected chi connectivity index (χ1v) is 11.0. The average Bonchev–Trinajstić information content (AvgIpc) is 3.44. The average molecular weight is 482 g/mol. The Morgan fingerprint density at radius 3 is 2.66 bits per heavy atom. The van der Waals surface area contributed by atoms with Gasteiger partial charge in [-0.25, -0.2) is 0 Å². The van der Waals surface area contributed by atoms with Crippen molar-refractivity contribution in [3.63, 3.8) is 0 Å². The highest BCUT2D eigenvalue weighted by Gasteiger charge is 2.32. The second kappa shape index (κ2) is 8.57. The van der Waals surface area contributed by atoms with Gasteiger partial charge in [0, 0.05) is 28.8 Å². The molecule has 0 atom stereocenters. The molecular weight excluding hydrogens is 461 g/mol. The fraction of sp³-hybridized carbons (Fsp3) is 0.250. The molecule has 2 amide bonds. The van der Waals surface area contributed by atoms with E-state index in [1.165, 1.54) is 23.7 Å². The maximum absolute atomic E-state index is 13.1. The summed E-state index contributed by atoms with van der Waals surface area (Å²) in [4.78, 5) is 24.4. The Hall–Kier alpha value is -4.15. The van der Waals surface area contributed by atoms with E-state index in [0.29, 0.717) is 5.82 Å². The summed E-state index contributed by atoms with van der Waals surface area (Å²) in [5.74, 6) is 0.0290. The Labute approximate surface area is 197 Å². The van der Waals surface area contributed by atoms with Crippen molar-refractivity contribution in [2.45, 2.75) is 32.5 Å². The summed E-state index contributed by atoms with van der Waals surface area (Å²) in [6, 6.07) is 9.23. The largest absolute Gasteiger partial charge is 0.416 e. The van der Waals surface area contributed by atoms with Crippen molar-refractivity contribution in [2.75, 3.05) is 10.6 Å². The topological polar surface area (TPSA) is 105 Å². The Balaban J connectivity index is 1.27. The number of hydrogen-bond donors (Lipinski definition) is 3. The van der Waals surface area contributed by atoms with Gasteiger partial charge in [0.2, 0.25) is 11.8 Å². The zero-order chi connectivity index (χ0) is 24.7. The molecule has 4 aromatic rings. The number of nitrogens with zero attached hydrogens (tertiary/aromatic N) is 3. The summed E-state index contributed by atoms with van der Waals surface area (Å²) in [6.07, 6.45) is 0.568. The SMILES string of the molecule is Cc1ccc(NC(=O)Cn2cc(-c3ccc4c(NC(=O)C5CC5)n[nH]c4c3)cn2)cc1C(F)(F)F. The number of aromatic nitrogens is 4. The lowest BCUT2D eigenvalue weighted by atomic mass is 10.1. The number of amides is 2. The molecule has 3 N–H and O–H groups in total. The van der Waals surface area contributed by atoms with Crippen molar-refractivity contribution in [1.82, 2.24) is 20.0 Å². The molecule has 8 nitrogen and oxygen atoms in total. The molecule has 0 spiro atoms. The third-order valence-corrected chi connectivity index (χ3v) is 5.85. The number of hydrogen-bond acceptors (Lipinski definition) is 4. The van der Waals surface area contributed by atoms with E-state index in [2.05, 4.69) is 25.9 Å². The van der Waals surface area contributed by atoms with E-state index in [1.807, 2.05) is 18.2 Å². The van der Waals surface area contributed by atoms with Crippen LogP contribution < -0.4 is 10.6 Å². The summed E-state index contributed by atoms with van der Waals surface area (Å²) in [5, 5.41) is 17.4. The maximum atomic E-state index is 13.1. The maximum Gasteiger partial charge on any atom is 0.416 e. The van der Waals surface area contributed by atoms with E-state index in [1.54, 1.807) is 12.4 Å². The standard InChI is InChI=1S/C24H21F3N6O2/c1-13-2-6-17(9-19(13)24(25,26)27)29-21(34)12-33-11-16(10-28-33)15-5-7-18-20(8-15)31-32-22(18)30-23(35)14-3-4-14/h2,5-11,14H,3-4,12H2,1H3,(H,29,34)(H2,30,31,32,35). The number of nitrogens with one attached hydrogen (secondary N) is 3. The number of carbonyl (C=O) groups is 2. The molecule has 11 heteroatoms. The minimum absolute atomic E-state index is 0.0257. The van der Waals surface area contributed by atoms with Gasteiger partial charge >= 0.3 is 6.18 Å². The number of anilines is 2. The summed E-state index contributed by atoms with van der Waals surface area (Å²) in [6.45, 7) is 1.20. The first kappa shape index (κ1) is 22.6. The van der Waals surface area contributed by atoms with Crippen LogP contribution in [-0.4, -0.2) is 31.8 Å². The zero-order valence-corrected chi connectivity index (χ0v) is 18.6. The van der Waals surface area contributed by atoms with Gasteiger partial charge in [0.25, 0.3) is 0 Å². The number of rotatable bonds is 6. The molecule has 0 saturated heterocycles. The van der Waals surface area contributed by atoms with E-state index in [4.69, 9.17) is 0 Å². The van der Waals surface area contributed by atoms with Crippen LogP contribution in [0.15, 0.2) is 48.8 Å². The van der Waals surface area contributed by atoms with Gasteiger partial charge in [-0.05, 0) is 55.2 Å². The second-order valence-corrected chi connectivity index (χ2v) is 8.60.